The highest BCUT2D eigenvalue weighted by molar-refractivity contribution is 7.99. The third-order valence-corrected chi connectivity index (χ3v) is 5.68. The second kappa shape index (κ2) is 7.43. The van der Waals surface area contributed by atoms with E-state index in [-0.39, 0.29) is 5.91 Å². The molecule has 1 aromatic heterocycles. The van der Waals surface area contributed by atoms with Crippen molar-refractivity contribution in [3.63, 3.8) is 0 Å². The molecular weight excluding hydrogens is 328 g/mol. The van der Waals surface area contributed by atoms with Crippen molar-refractivity contribution in [1.29, 1.82) is 0 Å². The molecule has 24 heavy (non-hydrogen) atoms. The summed E-state index contributed by atoms with van der Waals surface area (Å²) in [6.07, 6.45) is -0.446. The molecule has 8 heteroatoms. The van der Waals surface area contributed by atoms with Crippen LogP contribution in [0, 0.1) is 0 Å². The van der Waals surface area contributed by atoms with Crippen molar-refractivity contribution in [2.75, 3.05) is 51.0 Å². The Bertz CT molecular complexity index is 582. The van der Waals surface area contributed by atoms with Crippen LogP contribution < -0.4 is 0 Å². The molecule has 0 aromatic carbocycles. The van der Waals surface area contributed by atoms with Crippen LogP contribution in [0.2, 0.25) is 0 Å². The van der Waals surface area contributed by atoms with E-state index in [0.717, 1.165) is 37.6 Å². The third-order valence-electron chi connectivity index (χ3n) is 4.74. The van der Waals surface area contributed by atoms with Crippen molar-refractivity contribution >= 4 is 17.7 Å². The number of hydrogen-bond donors (Lipinski definition) is 0. The number of carbonyl (C=O) groups is 1. The Labute approximate surface area is 146 Å². The SMILES string of the molecule is O=C([C@@H]1COCCO1)N1CCn2nc(CN3CCSCC3)cc2C1. The molecule has 132 valence electrons. The average molecular weight is 352 g/mol. The summed E-state index contributed by atoms with van der Waals surface area (Å²) in [5.74, 6) is 2.45. The molecule has 7 nitrogen and oxygen atoms in total. The lowest BCUT2D eigenvalue weighted by Crippen LogP contribution is -2.47. The van der Waals surface area contributed by atoms with Gasteiger partial charge in [0.05, 0.1) is 44.3 Å². The van der Waals surface area contributed by atoms with E-state index in [0.29, 0.717) is 32.9 Å². The van der Waals surface area contributed by atoms with Gasteiger partial charge >= 0.3 is 0 Å². The van der Waals surface area contributed by atoms with E-state index >= 15 is 0 Å². The van der Waals surface area contributed by atoms with E-state index in [1.165, 1.54) is 11.5 Å². The molecule has 1 atom stereocenters. The van der Waals surface area contributed by atoms with E-state index < -0.39 is 6.10 Å². The van der Waals surface area contributed by atoms with Crippen LogP contribution in [0.15, 0.2) is 6.07 Å². The fourth-order valence-electron chi connectivity index (χ4n) is 3.41. The number of aromatic nitrogens is 2. The van der Waals surface area contributed by atoms with Gasteiger partial charge in [-0.25, -0.2) is 0 Å². The zero-order chi connectivity index (χ0) is 16.4. The highest BCUT2D eigenvalue weighted by Crippen LogP contribution is 2.18. The fraction of sp³-hybridized carbons (Fsp3) is 0.750. The van der Waals surface area contributed by atoms with Gasteiger partial charge in [-0.15, -0.1) is 0 Å². The number of rotatable bonds is 3. The first-order chi connectivity index (χ1) is 11.8. The molecule has 3 aliphatic rings. The number of nitrogens with zero attached hydrogens (tertiary/aromatic N) is 4. The topological polar surface area (TPSA) is 59.8 Å². The first kappa shape index (κ1) is 16.4. The maximum atomic E-state index is 12.6. The molecule has 0 spiro atoms. The summed E-state index contributed by atoms with van der Waals surface area (Å²) in [4.78, 5) is 16.9. The van der Waals surface area contributed by atoms with Crippen molar-refractivity contribution in [3.8, 4) is 0 Å². The summed E-state index contributed by atoms with van der Waals surface area (Å²) in [6.45, 7) is 6.68. The number of thioether (sulfide) groups is 1. The minimum absolute atomic E-state index is 0.0387. The van der Waals surface area contributed by atoms with Gasteiger partial charge in [-0.1, -0.05) is 0 Å². The molecule has 4 heterocycles. The standard InChI is InChI=1S/C16H24N4O3S/c21-16(15-12-22-5-6-23-15)19-1-2-20-14(11-19)9-13(17-20)10-18-3-7-24-8-4-18/h9,15H,1-8,10-12H2/t15-/m0/s1. The van der Waals surface area contributed by atoms with Gasteiger partial charge in [0.1, 0.15) is 0 Å². The van der Waals surface area contributed by atoms with Crippen LogP contribution in [0.25, 0.3) is 0 Å². The van der Waals surface area contributed by atoms with Gasteiger partial charge in [0.2, 0.25) is 0 Å². The molecule has 0 unspecified atom stereocenters. The predicted molar refractivity (Wildman–Crippen MR) is 90.8 cm³/mol. The van der Waals surface area contributed by atoms with Crippen molar-refractivity contribution in [2.45, 2.75) is 25.7 Å². The molecular formula is C16H24N4O3S. The Hall–Kier alpha value is -1.09. The van der Waals surface area contributed by atoms with Crippen molar-refractivity contribution < 1.29 is 14.3 Å². The third kappa shape index (κ3) is 3.61. The minimum atomic E-state index is -0.446. The first-order valence-corrected chi connectivity index (χ1v) is 9.79. The van der Waals surface area contributed by atoms with Crippen LogP contribution in [0.4, 0.5) is 0 Å². The van der Waals surface area contributed by atoms with Crippen LogP contribution in [-0.4, -0.2) is 82.6 Å². The summed E-state index contributed by atoms with van der Waals surface area (Å²) in [7, 11) is 0. The van der Waals surface area contributed by atoms with Crippen LogP contribution >= 0.6 is 11.8 Å². The molecule has 3 aliphatic heterocycles. The second-order valence-corrected chi connectivity index (χ2v) is 7.66. The molecule has 0 aliphatic carbocycles. The smallest absolute Gasteiger partial charge is 0.254 e. The van der Waals surface area contributed by atoms with Gasteiger partial charge < -0.3 is 14.4 Å². The number of carbonyl (C=O) groups excluding carboxylic acids is 1. The highest BCUT2D eigenvalue weighted by atomic mass is 32.2. The number of amides is 1. The largest absolute Gasteiger partial charge is 0.376 e. The molecule has 2 fully saturated rings. The zero-order valence-corrected chi connectivity index (χ0v) is 14.7. The predicted octanol–water partition coefficient (Wildman–Crippen LogP) is 0.190. The number of hydrogen-bond acceptors (Lipinski definition) is 6. The van der Waals surface area contributed by atoms with E-state index in [9.17, 15) is 4.79 Å². The van der Waals surface area contributed by atoms with Crippen molar-refractivity contribution in [3.05, 3.63) is 17.5 Å². The fourth-order valence-corrected chi connectivity index (χ4v) is 4.39. The Morgan fingerprint density at radius 1 is 1.25 bits per heavy atom. The maximum absolute atomic E-state index is 12.6. The van der Waals surface area contributed by atoms with Crippen molar-refractivity contribution in [1.82, 2.24) is 19.6 Å². The molecule has 0 saturated carbocycles. The van der Waals surface area contributed by atoms with Crippen LogP contribution in [0.1, 0.15) is 11.4 Å². The Morgan fingerprint density at radius 3 is 2.92 bits per heavy atom. The summed E-state index contributed by atoms with van der Waals surface area (Å²) in [5, 5.41) is 4.73. The van der Waals surface area contributed by atoms with Gasteiger partial charge in [0, 0.05) is 37.7 Å². The summed E-state index contributed by atoms with van der Waals surface area (Å²) >= 11 is 2.02. The lowest BCUT2D eigenvalue weighted by Gasteiger charge is -2.32. The van der Waals surface area contributed by atoms with E-state index in [2.05, 4.69) is 15.6 Å². The highest BCUT2D eigenvalue weighted by Gasteiger charge is 2.30. The quantitative estimate of drug-likeness (QED) is 0.774. The van der Waals surface area contributed by atoms with Crippen molar-refractivity contribution in [2.24, 2.45) is 0 Å². The van der Waals surface area contributed by atoms with E-state index in [1.807, 2.05) is 16.7 Å². The molecule has 0 N–H and O–H groups in total. The maximum Gasteiger partial charge on any atom is 0.254 e. The molecule has 0 bridgehead atoms. The Balaban J connectivity index is 1.38. The summed E-state index contributed by atoms with van der Waals surface area (Å²) in [6, 6.07) is 2.15. The minimum Gasteiger partial charge on any atom is -0.376 e. The van der Waals surface area contributed by atoms with E-state index in [1.54, 1.807) is 0 Å². The van der Waals surface area contributed by atoms with Gasteiger partial charge in [0.15, 0.2) is 6.10 Å². The first-order valence-electron chi connectivity index (χ1n) is 8.63. The Kier molecular flexibility index (Phi) is 5.07. The lowest BCUT2D eigenvalue weighted by molar-refractivity contribution is -0.159. The zero-order valence-electron chi connectivity index (χ0n) is 13.9. The van der Waals surface area contributed by atoms with Gasteiger partial charge in [0.25, 0.3) is 5.91 Å². The summed E-state index contributed by atoms with van der Waals surface area (Å²) < 4.78 is 12.9. The van der Waals surface area contributed by atoms with Crippen LogP contribution in [0.3, 0.4) is 0 Å². The number of fused-ring (bicyclic) bond motifs is 1. The molecule has 2 saturated heterocycles. The van der Waals surface area contributed by atoms with Gasteiger partial charge in [-0.05, 0) is 6.07 Å². The monoisotopic (exact) mass is 352 g/mol. The summed E-state index contributed by atoms with van der Waals surface area (Å²) in [5.41, 5.74) is 2.23. The van der Waals surface area contributed by atoms with Gasteiger partial charge in [-0.3, -0.25) is 14.4 Å². The molecule has 1 aromatic rings. The molecule has 0 radical (unpaired) electrons. The van der Waals surface area contributed by atoms with Gasteiger partial charge in [-0.2, -0.15) is 16.9 Å². The van der Waals surface area contributed by atoms with Crippen LogP contribution in [-0.2, 0) is 33.9 Å². The Morgan fingerprint density at radius 2 is 2.12 bits per heavy atom. The molecule has 1 amide bonds. The second-order valence-electron chi connectivity index (χ2n) is 6.43. The van der Waals surface area contributed by atoms with Crippen LogP contribution in [0.5, 0.6) is 0 Å². The van der Waals surface area contributed by atoms with E-state index in [4.69, 9.17) is 14.6 Å². The average Bonchev–Trinajstić information content (AvgIpc) is 3.04. The molecule has 4 rings (SSSR count). The normalized spacial score (nSPS) is 25.5. The number of ether oxygens (including phenoxy) is 2. The lowest BCUT2D eigenvalue weighted by atomic mass is 10.2.